The Balaban J connectivity index is 2.11. The van der Waals surface area contributed by atoms with Gasteiger partial charge in [-0.05, 0) is 37.0 Å². The molecule has 1 aromatic carbocycles. The van der Waals surface area contributed by atoms with Gasteiger partial charge in [0.2, 0.25) is 0 Å². The average molecular weight is 425 g/mol. The molecule has 1 saturated heterocycles. The molecule has 2 atom stereocenters. The Morgan fingerprint density at radius 1 is 1.40 bits per heavy atom. The molecule has 168 valence electrons. The van der Waals surface area contributed by atoms with Gasteiger partial charge in [0.05, 0.1) is 45.8 Å². The van der Waals surface area contributed by atoms with Crippen LogP contribution in [-0.2, 0) is 11.2 Å². The third-order valence-electron chi connectivity index (χ3n) is 5.18. The molecule has 1 aromatic rings. The van der Waals surface area contributed by atoms with Gasteiger partial charge in [0.1, 0.15) is 0 Å². The van der Waals surface area contributed by atoms with E-state index in [9.17, 15) is 9.18 Å². The Morgan fingerprint density at radius 2 is 2.20 bits per heavy atom. The maximum Gasteiger partial charge on any atom is 0.255 e. The highest BCUT2D eigenvalue weighted by molar-refractivity contribution is 5.98. The average Bonchev–Trinajstić information content (AvgIpc) is 3.15. The van der Waals surface area contributed by atoms with Gasteiger partial charge in [0.25, 0.3) is 5.91 Å². The highest BCUT2D eigenvalue weighted by Gasteiger charge is 2.32. The van der Waals surface area contributed by atoms with Crippen molar-refractivity contribution in [2.45, 2.75) is 31.4 Å². The molecule has 0 aromatic heterocycles. The monoisotopic (exact) mass is 424 g/mol. The van der Waals surface area contributed by atoms with Crippen LogP contribution in [0.25, 0.3) is 0 Å². The van der Waals surface area contributed by atoms with Crippen LogP contribution in [0.4, 0.5) is 4.39 Å². The van der Waals surface area contributed by atoms with Crippen LogP contribution < -0.4 is 14.8 Å². The number of likely N-dealkylation sites (tertiary alicyclic amines) is 1. The minimum Gasteiger partial charge on any atom is -0.493 e. The standard InChI is InChI=1S/C22H33FN2O5/c1-4-8-25-15-18(30-10-9-26)13-17(25)14-24-22(27)19-11-16(6-5-7-23)12-20(28-2)21(19)29-3/h4,11-12,17-18,26H,1,5-10,13-15H2,2-3H3,(H,24,27)/t17-,18+/m0/s1. The lowest BCUT2D eigenvalue weighted by molar-refractivity contribution is 0.0346. The molecule has 0 bridgehead atoms. The van der Waals surface area contributed by atoms with E-state index >= 15 is 0 Å². The number of aliphatic hydroxyl groups is 1. The number of aryl methyl sites for hydroxylation is 1. The Labute approximate surface area is 177 Å². The first kappa shape index (κ1) is 24.1. The summed E-state index contributed by atoms with van der Waals surface area (Å²) in [5.41, 5.74) is 1.19. The highest BCUT2D eigenvalue weighted by Crippen LogP contribution is 2.33. The van der Waals surface area contributed by atoms with Gasteiger partial charge in [0, 0.05) is 25.7 Å². The number of alkyl halides is 1. The van der Waals surface area contributed by atoms with Crippen molar-refractivity contribution in [1.29, 1.82) is 0 Å². The Kier molecular flexibility index (Phi) is 10.1. The lowest BCUT2D eigenvalue weighted by Crippen LogP contribution is -2.40. The van der Waals surface area contributed by atoms with Crippen LogP contribution in [0.1, 0.15) is 28.8 Å². The minimum absolute atomic E-state index is 0.0117. The third-order valence-corrected chi connectivity index (χ3v) is 5.18. The number of nitrogens with zero attached hydrogens (tertiary/aromatic N) is 1. The molecular formula is C22H33FN2O5. The molecule has 2 N–H and O–H groups in total. The number of aliphatic hydroxyl groups excluding tert-OH is 1. The van der Waals surface area contributed by atoms with Crippen LogP contribution in [0, 0.1) is 0 Å². The quantitative estimate of drug-likeness (QED) is 0.472. The van der Waals surface area contributed by atoms with E-state index in [0.717, 1.165) is 18.5 Å². The summed E-state index contributed by atoms with van der Waals surface area (Å²) in [6.07, 6.45) is 3.48. The number of methoxy groups -OCH3 is 2. The van der Waals surface area contributed by atoms with Gasteiger partial charge in [-0.15, -0.1) is 6.58 Å². The van der Waals surface area contributed by atoms with Crippen molar-refractivity contribution < 1.29 is 28.5 Å². The molecule has 0 spiro atoms. The van der Waals surface area contributed by atoms with Crippen LogP contribution in [0.3, 0.4) is 0 Å². The van der Waals surface area contributed by atoms with Crippen LogP contribution >= 0.6 is 0 Å². The molecule has 0 saturated carbocycles. The van der Waals surface area contributed by atoms with Crippen molar-refractivity contribution in [1.82, 2.24) is 10.2 Å². The van der Waals surface area contributed by atoms with E-state index in [2.05, 4.69) is 16.8 Å². The van der Waals surface area contributed by atoms with Gasteiger partial charge in [-0.2, -0.15) is 0 Å². The molecule has 1 amide bonds. The summed E-state index contributed by atoms with van der Waals surface area (Å²) in [4.78, 5) is 15.2. The number of benzene rings is 1. The van der Waals surface area contributed by atoms with E-state index < -0.39 is 6.67 Å². The fraction of sp³-hybridized carbons (Fsp3) is 0.591. The zero-order valence-corrected chi connectivity index (χ0v) is 17.9. The molecule has 1 aliphatic heterocycles. The van der Waals surface area contributed by atoms with Crippen LogP contribution in [0.2, 0.25) is 0 Å². The molecule has 30 heavy (non-hydrogen) atoms. The topological polar surface area (TPSA) is 80.3 Å². The fourth-order valence-corrected chi connectivity index (χ4v) is 3.79. The number of hydrogen-bond acceptors (Lipinski definition) is 6. The Hall–Kier alpha value is -2.16. The molecule has 1 aliphatic rings. The first-order valence-electron chi connectivity index (χ1n) is 10.2. The predicted octanol–water partition coefficient (Wildman–Crippen LogP) is 1.97. The number of carbonyl (C=O) groups excluding carboxylic acids is 1. The van der Waals surface area contributed by atoms with Gasteiger partial charge >= 0.3 is 0 Å². The number of ether oxygens (including phenoxy) is 3. The van der Waals surface area contributed by atoms with E-state index in [0.29, 0.717) is 49.6 Å². The van der Waals surface area contributed by atoms with Gasteiger partial charge in [-0.1, -0.05) is 6.08 Å². The number of carbonyl (C=O) groups is 1. The van der Waals surface area contributed by atoms with E-state index in [4.69, 9.17) is 19.3 Å². The van der Waals surface area contributed by atoms with Crippen molar-refractivity contribution in [2.24, 2.45) is 0 Å². The fourth-order valence-electron chi connectivity index (χ4n) is 3.79. The number of rotatable bonds is 13. The molecule has 1 heterocycles. The molecule has 0 aliphatic carbocycles. The summed E-state index contributed by atoms with van der Waals surface area (Å²) in [7, 11) is 3.00. The largest absolute Gasteiger partial charge is 0.493 e. The molecule has 0 unspecified atom stereocenters. The van der Waals surface area contributed by atoms with Crippen LogP contribution in [0.5, 0.6) is 11.5 Å². The SMILES string of the molecule is C=CCN1C[C@H](OCCO)C[C@H]1CNC(=O)c1cc(CCCF)cc(OC)c1OC. The zero-order chi connectivity index (χ0) is 21.9. The van der Waals surface area contributed by atoms with Crippen molar-refractivity contribution in [2.75, 3.05) is 53.7 Å². The van der Waals surface area contributed by atoms with E-state index in [1.165, 1.54) is 14.2 Å². The van der Waals surface area contributed by atoms with E-state index in [1.807, 2.05) is 6.08 Å². The maximum atomic E-state index is 13.0. The van der Waals surface area contributed by atoms with E-state index in [-0.39, 0.29) is 24.7 Å². The van der Waals surface area contributed by atoms with Crippen molar-refractivity contribution in [3.63, 3.8) is 0 Å². The minimum atomic E-state index is -0.420. The number of nitrogens with one attached hydrogen (secondary N) is 1. The second-order valence-electron chi connectivity index (χ2n) is 7.23. The summed E-state index contributed by atoms with van der Waals surface area (Å²) in [6.45, 7) is 5.51. The predicted molar refractivity (Wildman–Crippen MR) is 113 cm³/mol. The number of halogens is 1. The second kappa shape index (κ2) is 12.5. The summed E-state index contributed by atoms with van der Waals surface area (Å²) < 4.78 is 29.0. The van der Waals surface area contributed by atoms with Crippen LogP contribution in [0.15, 0.2) is 24.8 Å². The van der Waals surface area contributed by atoms with Gasteiger partial charge in [-0.25, -0.2) is 0 Å². The summed E-state index contributed by atoms with van der Waals surface area (Å²) in [5.74, 6) is 0.536. The first-order valence-corrected chi connectivity index (χ1v) is 10.2. The summed E-state index contributed by atoms with van der Waals surface area (Å²) in [5, 5.41) is 12.0. The van der Waals surface area contributed by atoms with Crippen molar-refractivity contribution in [3.05, 3.63) is 35.9 Å². The lowest BCUT2D eigenvalue weighted by Gasteiger charge is -2.23. The number of hydrogen-bond donors (Lipinski definition) is 2. The molecular weight excluding hydrogens is 391 g/mol. The Morgan fingerprint density at radius 3 is 2.83 bits per heavy atom. The van der Waals surface area contributed by atoms with Crippen molar-refractivity contribution in [3.8, 4) is 11.5 Å². The van der Waals surface area contributed by atoms with Gasteiger partial charge in [0.15, 0.2) is 11.5 Å². The van der Waals surface area contributed by atoms with Crippen molar-refractivity contribution >= 4 is 5.91 Å². The highest BCUT2D eigenvalue weighted by atomic mass is 19.1. The molecule has 1 fully saturated rings. The first-order chi connectivity index (χ1) is 14.6. The lowest BCUT2D eigenvalue weighted by atomic mass is 10.0. The van der Waals surface area contributed by atoms with E-state index in [1.54, 1.807) is 12.1 Å². The molecule has 2 rings (SSSR count). The third kappa shape index (κ3) is 6.42. The summed E-state index contributed by atoms with van der Waals surface area (Å²) >= 11 is 0. The molecule has 8 heteroatoms. The Bertz CT molecular complexity index is 700. The van der Waals surface area contributed by atoms with Gasteiger partial charge < -0.3 is 24.6 Å². The normalized spacial score (nSPS) is 18.9. The number of amides is 1. The van der Waals surface area contributed by atoms with Crippen LogP contribution in [-0.4, -0.2) is 81.8 Å². The zero-order valence-electron chi connectivity index (χ0n) is 17.9. The maximum absolute atomic E-state index is 13.0. The molecule has 0 radical (unpaired) electrons. The molecule has 7 nitrogen and oxygen atoms in total. The van der Waals surface area contributed by atoms with Gasteiger partial charge in [-0.3, -0.25) is 14.1 Å². The second-order valence-corrected chi connectivity index (χ2v) is 7.23. The smallest absolute Gasteiger partial charge is 0.255 e. The summed E-state index contributed by atoms with van der Waals surface area (Å²) in [6, 6.07) is 3.60.